The summed E-state index contributed by atoms with van der Waals surface area (Å²) in [7, 11) is 1.44. The molecule has 1 fully saturated rings. The Balaban J connectivity index is 1.76. The minimum Gasteiger partial charge on any atom is -0.392 e. The van der Waals surface area contributed by atoms with E-state index in [0.29, 0.717) is 17.8 Å². The van der Waals surface area contributed by atoms with Crippen molar-refractivity contribution in [2.45, 2.75) is 12.5 Å². The van der Waals surface area contributed by atoms with E-state index in [1.165, 1.54) is 12.0 Å². The van der Waals surface area contributed by atoms with Gasteiger partial charge in [-0.1, -0.05) is 23.9 Å². The van der Waals surface area contributed by atoms with E-state index in [1.807, 2.05) is 24.3 Å². The number of anilines is 1. The van der Waals surface area contributed by atoms with Crippen molar-refractivity contribution in [3.05, 3.63) is 49.2 Å². The first-order valence-corrected chi connectivity index (χ1v) is 8.85. The summed E-state index contributed by atoms with van der Waals surface area (Å²) in [4.78, 5) is 36.1. The fourth-order valence-corrected chi connectivity index (χ4v) is 3.03. The van der Waals surface area contributed by atoms with E-state index in [2.05, 4.69) is 22.0 Å². The third kappa shape index (κ3) is 4.52. The van der Waals surface area contributed by atoms with Crippen LogP contribution in [0.4, 0.5) is 5.69 Å². The van der Waals surface area contributed by atoms with Crippen LogP contribution in [0.2, 0.25) is 0 Å². The van der Waals surface area contributed by atoms with Crippen molar-refractivity contribution >= 4 is 34.1 Å². The molecular weight excluding hydrogens is 360 g/mol. The third-order valence-corrected chi connectivity index (χ3v) is 4.31. The Hall–Kier alpha value is -3.26. The molecule has 1 atom stereocenters. The summed E-state index contributed by atoms with van der Waals surface area (Å²) in [6, 6.07) is 8.54. The Bertz CT molecular complexity index is 912. The maximum atomic E-state index is 12.9. The van der Waals surface area contributed by atoms with Crippen LogP contribution in [0.3, 0.4) is 0 Å². The number of hydrogen-bond acceptors (Lipinski definition) is 6. The first-order valence-electron chi connectivity index (χ1n) is 8.85. The number of pyridine rings is 1. The maximum Gasteiger partial charge on any atom is 0.249 e. The number of nitrogens with one attached hydrogen (secondary N) is 1. The number of rotatable bonds is 7. The summed E-state index contributed by atoms with van der Waals surface area (Å²) in [6.07, 6.45) is 3.59. The summed E-state index contributed by atoms with van der Waals surface area (Å²) >= 11 is 0. The van der Waals surface area contributed by atoms with Gasteiger partial charge in [0.1, 0.15) is 19.3 Å². The van der Waals surface area contributed by atoms with Gasteiger partial charge in [-0.05, 0) is 24.3 Å². The molecule has 2 aromatic rings. The zero-order chi connectivity index (χ0) is 19.9. The molecular formula is C20H22N4O4. The molecule has 8 heteroatoms. The van der Waals surface area contributed by atoms with Crippen molar-refractivity contribution in [1.29, 1.82) is 0 Å². The molecule has 2 amide bonds. The number of carbonyl (C=O) groups is 2. The summed E-state index contributed by atoms with van der Waals surface area (Å²) < 4.78 is 4.93. The van der Waals surface area contributed by atoms with Crippen LogP contribution in [-0.2, 0) is 19.2 Å². The molecule has 8 nitrogen and oxygen atoms in total. The summed E-state index contributed by atoms with van der Waals surface area (Å²) in [6.45, 7) is 3.94. The maximum absolute atomic E-state index is 12.9. The van der Waals surface area contributed by atoms with E-state index < -0.39 is 6.04 Å². The zero-order valence-electron chi connectivity index (χ0n) is 15.6. The van der Waals surface area contributed by atoms with Gasteiger partial charge in [0.25, 0.3) is 0 Å². The lowest BCUT2D eigenvalue weighted by atomic mass is 10.1. The van der Waals surface area contributed by atoms with Gasteiger partial charge in [0, 0.05) is 30.8 Å². The van der Waals surface area contributed by atoms with Gasteiger partial charge in [-0.3, -0.25) is 14.6 Å². The minimum atomic E-state index is -0.682. The highest BCUT2D eigenvalue weighted by atomic mass is 16.6. The molecule has 1 aliphatic rings. The Morgan fingerprint density at radius 2 is 2.29 bits per heavy atom. The first kappa shape index (κ1) is 19.5. The van der Waals surface area contributed by atoms with E-state index in [0.717, 1.165) is 10.9 Å². The summed E-state index contributed by atoms with van der Waals surface area (Å²) in [5, 5.41) is 7.80. The van der Waals surface area contributed by atoms with Crippen LogP contribution in [-0.4, -0.2) is 60.3 Å². The van der Waals surface area contributed by atoms with Crippen molar-refractivity contribution in [2.24, 2.45) is 5.16 Å². The molecule has 0 aliphatic carbocycles. The quantitative estimate of drug-likeness (QED) is 0.449. The molecule has 1 aromatic heterocycles. The smallest absolute Gasteiger partial charge is 0.249 e. The lowest BCUT2D eigenvalue weighted by molar-refractivity contribution is -0.139. The fourth-order valence-electron chi connectivity index (χ4n) is 3.03. The van der Waals surface area contributed by atoms with Crippen LogP contribution in [0.25, 0.3) is 10.9 Å². The largest absolute Gasteiger partial charge is 0.392 e. The van der Waals surface area contributed by atoms with Gasteiger partial charge in [-0.2, -0.15) is 0 Å². The fraction of sp³-hybridized carbons (Fsp3) is 0.300. The Morgan fingerprint density at radius 1 is 1.43 bits per heavy atom. The topological polar surface area (TPSA) is 93.1 Å². The van der Waals surface area contributed by atoms with Crippen LogP contribution in [0, 0.1) is 0 Å². The van der Waals surface area contributed by atoms with Crippen molar-refractivity contribution < 1.29 is 19.2 Å². The van der Waals surface area contributed by atoms with Crippen molar-refractivity contribution in [1.82, 2.24) is 9.88 Å². The summed E-state index contributed by atoms with van der Waals surface area (Å²) in [5.74, 6) is -0.569. The van der Waals surface area contributed by atoms with Gasteiger partial charge in [0.15, 0.2) is 0 Å². The molecule has 1 aromatic carbocycles. The van der Waals surface area contributed by atoms with E-state index in [9.17, 15) is 9.59 Å². The Morgan fingerprint density at radius 3 is 3.07 bits per heavy atom. The summed E-state index contributed by atoms with van der Waals surface area (Å²) in [5.41, 5.74) is 2.10. The number of nitrogens with zero attached hydrogens (tertiary/aromatic N) is 3. The van der Waals surface area contributed by atoms with E-state index >= 15 is 0 Å². The molecule has 1 saturated heterocycles. The first-order chi connectivity index (χ1) is 13.6. The third-order valence-electron chi connectivity index (χ3n) is 4.31. The van der Waals surface area contributed by atoms with Gasteiger partial charge in [-0.15, -0.1) is 0 Å². The number of aromatic nitrogens is 1. The highest BCUT2D eigenvalue weighted by Crippen LogP contribution is 2.21. The Kier molecular flexibility index (Phi) is 6.33. The van der Waals surface area contributed by atoms with Gasteiger partial charge in [0.2, 0.25) is 11.8 Å². The molecule has 0 bridgehead atoms. The second kappa shape index (κ2) is 9.09. The second-order valence-electron chi connectivity index (χ2n) is 6.32. The monoisotopic (exact) mass is 382 g/mol. The molecule has 28 heavy (non-hydrogen) atoms. The lowest BCUT2D eigenvalue weighted by Crippen LogP contribution is -2.44. The second-order valence-corrected chi connectivity index (χ2v) is 6.32. The predicted octanol–water partition coefficient (Wildman–Crippen LogP) is 1.98. The van der Waals surface area contributed by atoms with Gasteiger partial charge >= 0.3 is 0 Å². The van der Waals surface area contributed by atoms with Crippen molar-refractivity contribution in [3.8, 4) is 0 Å². The van der Waals surface area contributed by atoms with Crippen molar-refractivity contribution in [3.63, 3.8) is 0 Å². The van der Waals surface area contributed by atoms with Crippen LogP contribution in [0.1, 0.15) is 6.42 Å². The van der Waals surface area contributed by atoms with Crippen molar-refractivity contribution in [2.75, 3.05) is 32.2 Å². The highest BCUT2D eigenvalue weighted by molar-refractivity contribution is 6.05. The highest BCUT2D eigenvalue weighted by Gasteiger charge is 2.38. The number of methoxy groups -OCH3 is 1. The molecule has 146 valence electrons. The van der Waals surface area contributed by atoms with Crippen LogP contribution >= 0.6 is 0 Å². The molecule has 0 radical (unpaired) electrons. The molecule has 0 saturated carbocycles. The number of amides is 2. The number of carbonyl (C=O) groups excluding carboxylic acids is 2. The molecule has 0 spiro atoms. The van der Waals surface area contributed by atoms with E-state index in [1.54, 1.807) is 18.3 Å². The number of likely N-dealkylation sites (tertiary alicyclic amines) is 1. The predicted molar refractivity (Wildman–Crippen MR) is 106 cm³/mol. The number of benzene rings is 1. The van der Waals surface area contributed by atoms with Gasteiger partial charge in [-0.25, -0.2) is 0 Å². The SMILES string of the molecule is C=CCON=C1C[C@@H](C(=O)Nc2ccc3ncccc3c2)N(C(=O)COC)C1. The molecule has 0 unspecified atom stereocenters. The number of oxime groups is 1. The van der Waals surface area contributed by atoms with Crippen LogP contribution < -0.4 is 5.32 Å². The average molecular weight is 382 g/mol. The normalized spacial score (nSPS) is 17.7. The lowest BCUT2D eigenvalue weighted by Gasteiger charge is -2.23. The number of hydrogen-bond donors (Lipinski definition) is 1. The van der Waals surface area contributed by atoms with Gasteiger partial charge < -0.3 is 19.8 Å². The van der Waals surface area contributed by atoms with E-state index in [4.69, 9.17) is 9.57 Å². The molecule has 3 rings (SSSR count). The average Bonchev–Trinajstić information content (AvgIpc) is 3.13. The molecule has 2 heterocycles. The molecule has 1 N–H and O–H groups in total. The minimum absolute atomic E-state index is 0.105. The van der Waals surface area contributed by atoms with Gasteiger partial charge in [0.05, 0.1) is 17.8 Å². The van der Waals surface area contributed by atoms with Crippen LogP contribution in [0.5, 0.6) is 0 Å². The van der Waals surface area contributed by atoms with E-state index in [-0.39, 0.29) is 31.6 Å². The van der Waals surface area contributed by atoms with Crippen LogP contribution in [0.15, 0.2) is 54.3 Å². The Labute approximate surface area is 162 Å². The zero-order valence-corrected chi connectivity index (χ0v) is 15.6. The number of ether oxygens (including phenoxy) is 1. The standard InChI is InChI=1S/C20H22N4O4/c1-3-9-28-23-16-11-18(24(12-16)19(25)13-27-2)20(26)22-15-6-7-17-14(10-15)5-4-8-21-17/h3-8,10,18H,1,9,11-13H2,2H3,(H,22,26)/t18-/m0/s1. The number of fused-ring (bicyclic) bond motifs is 1. The molecule has 1 aliphatic heterocycles.